The number of carbonyl (C=O) groups is 2. The summed E-state index contributed by atoms with van der Waals surface area (Å²) in [4.78, 5) is 26.3. The van der Waals surface area contributed by atoms with Crippen LogP contribution in [0.25, 0.3) is 17.0 Å². The van der Waals surface area contributed by atoms with E-state index in [1.807, 2.05) is 20.8 Å². The monoisotopic (exact) mass is 471 g/mol. The second-order valence-electron chi connectivity index (χ2n) is 7.66. The molecule has 0 aliphatic heterocycles. The van der Waals surface area contributed by atoms with Gasteiger partial charge in [0.1, 0.15) is 5.02 Å². The van der Waals surface area contributed by atoms with Crippen molar-refractivity contribution in [1.29, 1.82) is 0 Å². The molecule has 2 heterocycles. The van der Waals surface area contributed by atoms with Crippen molar-refractivity contribution in [2.24, 2.45) is 0 Å². The lowest BCUT2D eigenvalue weighted by molar-refractivity contribution is -0.141. The van der Waals surface area contributed by atoms with E-state index in [4.69, 9.17) is 34.8 Å². The van der Waals surface area contributed by atoms with E-state index in [1.165, 1.54) is 11.7 Å². The van der Waals surface area contributed by atoms with Gasteiger partial charge in [-0.15, -0.1) is 9.73 Å². The second-order valence-corrected chi connectivity index (χ2v) is 8.86. The first kappa shape index (κ1) is 22.4. The van der Waals surface area contributed by atoms with Crippen molar-refractivity contribution in [1.82, 2.24) is 19.8 Å². The number of fused-ring (bicyclic) bond motifs is 1. The van der Waals surface area contributed by atoms with Crippen LogP contribution in [0.5, 0.6) is 0 Å². The highest BCUT2D eigenvalue weighted by atomic mass is 35.5. The van der Waals surface area contributed by atoms with Crippen LogP contribution in [-0.2, 0) is 19.7 Å². The molecule has 30 heavy (non-hydrogen) atoms. The number of anilines is 1. The third-order valence-electron chi connectivity index (χ3n) is 4.30. The molecule has 0 saturated heterocycles. The summed E-state index contributed by atoms with van der Waals surface area (Å²) in [5.41, 5.74) is 1.85. The van der Waals surface area contributed by atoms with Gasteiger partial charge in [-0.05, 0) is 12.1 Å². The molecule has 0 bridgehead atoms. The molecule has 1 aromatic carbocycles. The number of amides is 1. The lowest BCUT2D eigenvalue weighted by Gasteiger charge is -2.14. The number of nitrogens with one attached hydrogen (secondary N) is 2. The van der Waals surface area contributed by atoms with Crippen LogP contribution >= 0.6 is 34.8 Å². The van der Waals surface area contributed by atoms with Crippen LogP contribution in [0.3, 0.4) is 0 Å². The Morgan fingerprint density at radius 1 is 1.13 bits per heavy atom. The average molecular weight is 473 g/mol. The molecule has 0 aliphatic rings. The number of nitrogens with zero attached hydrogens (tertiary/aromatic N) is 3. The van der Waals surface area contributed by atoms with Gasteiger partial charge in [0.25, 0.3) is 0 Å². The fourth-order valence-electron chi connectivity index (χ4n) is 2.80. The van der Waals surface area contributed by atoms with Crippen molar-refractivity contribution in [2.75, 3.05) is 12.4 Å². The molecule has 0 spiro atoms. The quantitative estimate of drug-likeness (QED) is 0.516. The zero-order valence-corrected chi connectivity index (χ0v) is 19.0. The van der Waals surface area contributed by atoms with Crippen LogP contribution in [0, 0.1) is 0 Å². The Morgan fingerprint density at radius 2 is 1.77 bits per heavy atom. The maximum absolute atomic E-state index is 12.0. The Labute approximate surface area is 187 Å². The van der Waals surface area contributed by atoms with Crippen molar-refractivity contribution in [3.8, 4) is 11.4 Å². The summed E-state index contributed by atoms with van der Waals surface area (Å²) >= 11 is 19.3. The molecule has 1 amide bonds. The molecule has 0 saturated carbocycles. The van der Waals surface area contributed by atoms with E-state index in [1.54, 1.807) is 12.1 Å². The molecule has 160 valence electrons. The molecular weight excluding hydrogens is 453 g/mol. The number of hydrogen-bond donors (Lipinski definition) is 2. The van der Waals surface area contributed by atoms with Crippen LogP contribution in [0.1, 0.15) is 39.3 Å². The second kappa shape index (κ2) is 8.45. The van der Waals surface area contributed by atoms with Crippen molar-refractivity contribution >= 4 is 58.0 Å². The molecular formula is C19H20Cl3N5O3. The van der Waals surface area contributed by atoms with Crippen LogP contribution in [-0.4, -0.2) is 38.8 Å². The maximum atomic E-state index is 12.0. The van der Waals surface area contributed by atoms with Gasteiger partial charge in [-0.2, -0.15) is 5.10 Å². The van der Waals surface area contributed by atoms with E-state index in [-0.39, 0.29) is 34.2 Å². The molecule has 0 atom stereocenters. The van der Waals surface area contributed by atoms with Crippen LogP contribution in [0.2, 0.25) is 15.1 Å². The minimum Gasteiger partial charge on any atom is -0.469 e. The molecule has 0 radical (unpaired) electrons. The number of halogens is 3. The lowest BCUT2D eigenvalue weighted by atomic mass is 9.92. The maximum Gasteiger partial charge on any atom is 0.306 e. The number of benzene rings is 1. The summed E-state index contributed by atoms with van der Waals surface area (Å²) in [5, 5.41) is 12.5. The Morgan fingerprint density at radius 3 is 2.30 bits per heavy atom. The van der Waals surface area contributed by atoms with Gasteiger partial charge in [-0.3, -0.25) is 9.59 Å². The summed E-state index contributed by atoms with van der Waals surface area (Å²) < 4.78 is 5.93. The number of aromatic nitrogens is 4. The lowest BCUT2D eigenvalue weighted by Crippen LogP contribution is -2.14. The summed E-state index contributed by atoms with van der Waals surface area (Å²) in [6, 6.07) is 3.10. The third kappa shape index (κ3) is 4.55. The normalized spacial score (nSPS) is 11.7. The Hall–Kier alpha value is -2.29. The molecule has 0 fully saturated rings. The Balaban J connectivity index is 1.87. The van der Waals surface area contributed by atoms with Gasteiger partial charge in [0.2, 0.25) is 5.91 Å². The van der Waals surface area contributed by atoms with E-state index in [9.17, 15) is 9.59 Å². The smallest absolute Gasteiger partial charge is 0.306 e. The van der Waals surface area contributed by atoms with Crippen molar-refractivity contribution in [3.05, 3.63) is 32.9 Å². The third-order valence-corrected chi connectivity index (χ3v) is 5.25. The number of ether oxygens (including phenoxy) is 1. The van der Waals surface area contributed by atoms with Gasteiger partial charge in [-0.25, -0.2) is 0 Å². The number of rotatable bonds is 5. The van der Waals surface area contributed by atoms with Gasteiger partial charge in [0, 0.05) is 17.5 Å². The number of hydrogen-bond acceptors (Lipinski definition) is 5. The van der Waals surface area contributed by atoms with Crippen molar-refractivity contribution in [2.45, 2.75) is 39.0 Å². The SMILES string of the molecule is COC(=O)CCC(=O)Nc1cc(Cl)c(-c2nn3nc(C(C)(C)C)c(Cl)c3[nH]2)c(Cl)c1. The highest BCUT2D eigenvalue weighted by molar-refractivity contribution is 6.39. The standard InChI is InChI=1S/C19H20Cl3N5O3/c1-19(2,3)16-15(22)18-24-17(26-27(18)25-16)14-10(20)7-9(8-11(14)21)23-12(28)5-6-13(29)30-4/h7-8H,5-6H2,1-4H3,(H,23,28)(H,24,26). The van der Waals surface area contributed by atoms with Crippen LogP contribution < -0.4 is 5.32 Å². The topological polar surface area (TPSA) is 101 Å². The van der Waals surface area contributed by atoms with Crippen LogP contribution in [0.15, 0.2) is 12.1 Å². The van der Waals surface area contributed by atoms with E-state index in [0.717, 1.165) is 5.69 Å². The molecule has 3 rings (SSSR count). The van der Waals surface area contributed by atoms with Gasteiger partial charge in [-0.1, -0.05) is 55.6 Å². The zero-order valence-electron chi connectivity index (χ0n) is 16.8. The first-order chi connectivity index (χ1) is 14.0. The number of methoxy groups -OCH3 is 1. The number of H-pyrrole nitrogens is 1. The minimum absolute atomic E-state index is 0.0202. The molecule has 11 heteroatoms. The summed E-state index contributed by atoms with van der Waals surface area (Å²) in [5.74, 6) is -0.440. The van der Waals surface area contributed by atoms with E-state index >= 15 is 0 Å². The van der Waals surface area contributed by atoms with Gasteiger partial charge >= 0.3 is 5.97 Å². The fourth-order valence-corrected chi connectivity index (χ4v) is 3.91. The highest BCUT2D eigenvalue weighted by Crippen LogP contribution is 2.37. The van der Waals surface area contributed by atoms with Gasteiger partial charge in [0.05, 0.1) is 34.8 Å². The Kier molecular flexibility index (Phi) is 6.31. The van der Waals surface area contributed by atoms with E-state index in [0.29, 0.717) is 27.7 Å². The predicted octanol–water partition coefficient (Wildman–Crippen LogP) is 4.87. The van der Waals surface area contributed by atoms with Crippen molar-refractivity contribution in [3.63, 3.8) is 0 Å². The zero-order chi connectivity index (χ0) is 22.2. The Bertz CT molecular complexity index is 1110. The molecule has 8 nitrogen and oxygen atoms in total. The fraction of sp³-hybridized carbons (Fsp3) is 0.368. The van der Waals surface area contributed by atoms with Crippen molar-refractivity contribution < 1.29 is 14.3 Å². The average Bonchev–Trinajstić information content (AvgIpc) is 3.18. The largest absolute Gasteiger partial charge is 0.469 e. The predicted molar refractivity (Wildman–Crippen MR) is 116 cm³/mol. The number of carbonyl (C=O) groups excluding carboxylic acids is 2. The van der Waals surface area contributed by atoms with E-state index < -0.39 is 5.97 Å². The summed E-state index contributed by atoms with van der Waals surface area (Å²) in [7, 11) is 1.27. The van der Waals surface area contributed by atoms with E-state index in [2.05, 4.69) is 25.2 Å². The number of aromatic amines is 1. The molecule has 2 N–H and O–H groups in total. The molecule has 3 aromatic rings. The number of esters is 1. The van der Waals surface area contributed by atoms with Gasteiger partial charge in [0.15, 0.2) is 11.5 Å². The first-order valence-electron chi connectivity index (χ1n) is 9.02. The summed E-state index contributed by atoms with van der Waals surface area (Å²) in [6.45, 7) is 6.02. The minimum atomic E-state index is -0.465. The molecule has 2 aromatic heterocycles. The first-order valence-corrected chi connectivity index (χ1v) is 10.2. The highest BCUT2D eigenvalue weighted by Gasteiger charge is 2.26. The molecule has 0 unspecified atom stereocenters. The van der Waals surface area contributed by atoms with Crippen LogP contribution in [0.4, 0.5) is 5.69 Å². The summed E-state index contributed by atoms with van der Waals surface area (Å²) in [6.07, 6.45) is -0.0426. The van der Waals surface area contributed by atoms with Gasteiger partial charge < -0.3 is 15.0 Å². The molecule has 0 aliphatic carbocycles.